The van der Waals surface area contributed by atoms with Crippen molar-refractivity contribution in [3.8, 4) is 0 Å². The molecule has 0 radical (unpaired) electrons. The molecule has 0 spiro atoms. The first-order chi connectivity index (χ1) is 11.4. The van der Waals surface area contributed by atoms with Gasteiger partial charge in [0, 0.05) is 24.8 Å². The number of anilines is 1. The van der Waals surface area contributed by atoms with Gasteiger partial charge >= 0.3 is 6.55 Å². The van der Waals surface area contributed by atoms with Crippen molar-refractivity contribution in [1.82, 2.24) is 19.3 Å². The first kappa shape index (κ1) is 16.1. The molecule has 0 fully saturated rings. The molecule has 126 valence electrons. The highest BCUT2D eigenvalue weighted by atomic mass is 19.3. The van der Waals surface area contributed by atoms with Gasteiger partial charge in [0.05, 0.1) is 11.0 Å². The van der Waals surface area contributed by atoms with Crippen molar-refractivity contribution >= 4 is 22.6 Å². The Kier molecular flexibility index (Phi) is 4.04. The second-order valence-electron chi connectivity index (χ2n) is 5.80. The van der Waals surface area contributed by atoms with E-state index in [0.717, 1.165) is 23.1 Å². The normalized spacial score (nSPS) is 11.6. The molecule has 24 heavy (non-hydrogen) atoms. The molecule has 1 amide bonds. The number of rotatable bonds is 4. The first-order valence-corrected chi connectivity index (χ1v) is 7.48. The summed E-state index contributed by atoms with van der Waals surface area (Å²) < 4.78 is 27.5. The van der Waals surface area contributed by atoms with E-state index in [1.807, 2.05) is 17.7 Å². The molecule has 0 bridgehead atoms. The van der Waals surface area contributed by atoms with E-state index in [0.29, 0.717) is 10.4 Å². The van der Waals surface area contributed by atoms with Crippen molar-refractivity contribution < 1.29 is 13.6 Å². The monoisotopic (exact) mass is 333 g/mol. The number of amides is 1. The van der Waals surface area contributed by atoms with Gasteiger partial charge in [-0.1, -0.05) is 13.8 Å². The fraction of sp³-hybridized carbons (Fsp3) is 0.312. The van der Waals surface area contributed by atoms with E-state index in [1.54, 1.807) is 12.1 Å². The van der Waals surface area contributed by atoms with Crippen LogP contribution in [0.25, 0.3) is 11.0 Å². The van der Waals surface area contributed by atoms with Crippen LogP contribution in [0.4, 0.5) is 14.5 Å². The lowest BCUT2D eigenvalue weighted by Gasteiger charge is -2.05. The van der Waals surface area contributed by atoms with Crippen molar-refractivity contribution in [2.24, 2.45) is 7.05 Å². The SMILES string of the molecule is CC(C)c1nc2cc(NC(=O)c3ccn(C(F)F)n3)ccc2n1C. The highest BCUT2D eigenvalue weighted by Crippen LogP contribution is 2.23. The molecule has 1 aromatic carbocycles. The third-order valence-corrected chi connectivity index (χ3v) is 3.73. The Bertz CT molecular complexity index is 897. The lowest BCUT2D eigenvalue weighted by molar-refractivity contribution is 0.0561. The number of carbonyl (C=O) groups is 1. The summed E-state index contributed by atoms with van der Waals surface area (Å²) in [7, 11) is 1.94. The molecule has 0 saturated carbocycles. The summed E-state index contributed by atoms with van der Waals surface area (Å²) in [5, 5.41) is 6.20. The predicted octanol–water partition coefficient (Wildman–Crippen LogP) is 3.54. The number of aryl methyl sites for hydroxylation is 1. The average molecular weight is 333 g/mol. The van der Waals surface area contributed by atoms with Gasteiger partial charge in [-0.2, -0.15) is 13.9 Å². The Hall–Kier alpha value is -2.77. The lowest BCUT2D eigenvalue weighted by Crippen LogP contribution is -2.13. The van der Waals surface area contributed by atoms with Crippen LogP contribution in [0.15, 0.2) is 30.5 Å². The van der Waals surface area contributed by atoms with Gasteiger partial charge in [0.25, 0.3) is 5.91 Å². The Morgan fingerprint density at radius 2 is 2.00 bits per heavy atom. The molecule has 6 nitrogen and oxygen atoms in total. The molecule has 0 aliphatic rings. The number of carbonyl (C=O) groups excluding carboxylic acids is 1. The molecule has 3 aromatic rings. The number of benzene rings is 1. The summed E-state index contributed by atoms with van der Waals surface area (Å²) in [4.78, 5) is 16.7. The third kappa shape index (κ3) is 2.86. The van der Waals surface area contributed by atoms with E-state index in [4.69, 9.17) is 0 Å². The van der Waals surface area contributed by atoms with E-state index in [2.05, 4.69) is 29.2 Å². The van der Waals surface area contributed by atoms with E-state index < -0.39 is 12.5 Å². The highest BCUT2D eigenvalue weighted by molar-refractivity contribution is 6.03. The van der Waals surface area contributed by atoms with E-state index in [9.17, 15) is 13.6 Å². The van der Waals surface area contributed by atoms with Crippen molar-refractivity contribution in [3.63, 3.8) is 0 Å². The number of nitrogens with zero attached hydrogens (tertiary/aromatic N) is 4. The maximum Gasteiger partial charge on any atom is 0.333 e. The Morgan fingerprint density at radius 3 is 2.62 bits per heavy atom. The molecular weight excluding hydrogens is 316 g/mol. The minimum atomic E-state index is -2.77. The molecule has 2 heterocycles. The maximum absolute atomic E-state index is 12.5. The number of nitrogens with one attached hydrogen (secondary N) is 1. The number of aromatic nitrogens is 4. The zero-order valence-corrected chi connectivity index (χ0v) is 13.5. The molecule has 0 aliphatic heterocycles. The number of fused-ring (bicyclic) bond motifs is 1. The summed E-state index contributed by atoms with van der Waals surface area (Å²) >= 11 is 0. The van der Waals surface area contributed by atoms with Crippen LogP contribution in [-0.2, 0) is 7.05 Å². The quantitative estimate of drug-likeness (QED) is 0.794. The summed E-state index contributed by atoms with van der Waals surface area (Å²) in [5.74, 6) is 0.677. The van der Waals surface area contributed by atoms with Crippen LogP contribution in [0.5, 0.6) is 0 Å². The van der Waals surface area contributed by atoms with Gasteiger partial charge in [-0.25, -0.2) is 9.67 Å². The molecular formula is C16H17F2N5O. The average Bonchev–Trinajstić information content (AvgIpc) is 3.13. The van der Waals surface area contributed by atoms with Gasteiger partial charge in [-0.05, 0) is 24.3 Å². The summed E-state index contributed by atoms with van der Waals surface area (Å²) in [6, 6.07) is 6.61. The molecule has 2 aromatic heterocycles. The highest BCUT2D eigenvalue weighted by Gasteiger charge is 2.15. The van der Waals surface area contributed by atoms with Crippen molar-refractivity contribution in [2.75, 3.05) is 5.32 Å². The van der Waals surface area contributed by atoms with Crippen molar-refractivity contribution in [1.29, 1.82) is 0 Å². The van der Waals surface area contributed by atoms with Crippen LogP contribution in [0.3, 0.4) is 0 Å². The van der Waals surface area contributed by atoms with E-state index in [1.165, 1.54) is 6.07 Å². The van der Waals surface area contributed by atoms with Gasteiger partial charge in [-0.3, -0.25) is 4.79 Å². The standard InChI is InChI=1S/C16H17F2N5O/c1-9(2)14-20-12-8-10(4-5-13(12)22(14)3)19-15(24)11-6-7-23(21-11)16(17)18/h4-9,16H,1-3H3,(H,19,24). The maximum atomic E-state index is 12.5. The zero-order chi connectivity index (χ0) is 17.4. The number of imidazole rings is 1. The van der Waals surface area contributed by atoms with Crippen LogP contribution >= 0.6 is 0 Å². The minimum absolute atomic E-state index is 0.0701. The molecule has 8 heteroatoms. The Labute approximate surface area is 137 Å². The fourth-order valence-corrected chi connectivity index (χ4v) is 2.58. The number of halogens is 2. The number of hydrogen-bond acceptors (Lipinski definition) is 3. The van der Waals surface area contributed by atoms with Gasteiger partial charge in [0.2, 0.25) is 0 Å². The molecule has 0 saturated heterocycles. The number of hydrogen-bond donors (Lipinski definition) is 1. The number of alkyl halides is 2. The summed E-state index contributed by atoms with van der Waals surface area (Å²) in [5.41, 5.74) is 2.18. The van der Waals surface area contributed by atoms with Crippen LogP contribution < -0.4 is 5.32 Å². The van der Waals surface area contributed by atoms with Crippen LogP contribution in [0.2, 0.25) is 0 Å². The van der Waals surface area contributed by atoms with Crippen molar-refractivity contribution in [2.45, 2.75) is 26.3 Å². The van der Waals surface area contributed by atoms with Gasteiger partial charge in [0.1, 0.15) is 5.82 Å². The van der Waals surface area contributed by atoms with Crippen molar-refractivity contribution in [3.05, 3.63) is 42.0 Å². The molecule has 0 unspecified atom stereocenters. The second kappa shape index (κ2) is 6.03. The van der Waals surface area contributed by atoms with E-state index in [-0.39, 0.29) is 11.6 Å². The largest absolute Gasteiger partial charge is 0.333 e. The third-order valence-electron chi connectivity index (χ3n) is 3.73. The zero-order valence-electron chi connectivity index (χ0n) is 13.5. The minimum Gasteiger partial charge on any atom is -0.331 e. The molecule has 3 rings (SSSR count). The topological polar surface area (TPSA) is 64.7 Å². The molecule has 1 N–H and O–H groups in total. The second-order valence-corrected chi connectivity index (χ2v) is 5.80. The summed E-state index contributed by atoms with van der Waals surface area (Å²) in [6.07, 6.45) is 1.07. The summed E-state index contributed by atoms with van der Waals surface area (Å²) in [6.45, 7) is 1.35. The smallest absolute Gasteiger partial charge is 0.331 e. The van der Waals surface area contributed by atoms with E-state index >= 15 is 0 Å². The van der Waals surface area contributed by atoms with Gasteiger partial charge < -0.3 is 9.88 Å². The lowest BCUT2D eigenvalue weighted by atomic mass is 10.2. The molecule has 0 atom stereocenters. The Morgan fingerprint density at radius 1 is 1.25 bits per heavy atom. The first-order valence-electron chi connectivity index (χ1n) is 7.48. The van der Waals surface area contributed by atoms with Gasteiger partial charge in [0.15, 0.2) is 5.69 Å². The van der Waals surface area contributed by atoms with Crippen LogP contribution in [0.1, 0.15) is 42.6 Å². The van der Waals surface area contributed by atoms with Crippen LogP contribution in [-0.4, -0.2) is 25.2 Å². The van der Waals surface area contributed by atoms with Crippen LogP contribution in [0, 0.1) is 0 Å². The fourth-order valence-electron chi connectivity index (χ4n) is 2.58. The Balaban J connectivity index is 1.85. The predicted molar refractivity (Wildman–Crippen MR) is 86.2 cm³/mol. The van der Waals surface area contributed by atoms with Gasteiger partial charge in [-0.15, -0.1) is 0 Å². The molecule has 0 aliphatic carbocycles.